The quantitative estimate of drug-likeness (QED) is 0.533. The van der Waals surface area contributed by atoms with Crippen LogP contribution >= 0.6 is 11.3 Å². The van der Waals surface area contributed by atoms with Crippen LogP contribution in [0.2, 0.25) is 0 Å². The maximum absolute atomic E-state index is 12.1. The molecular formula is C20H23N3O2S. The number of carbonyl (C=O) groups excluding carboxylic acids is 1. The van der Waals surface area contributed by atoms with E-state index in [0.29, 0.717) is 24.6 Å². The summed E-state index contributed by atoms with van der Waals surface area (Å²) in [6, 6.07) is 12.0. The molecule has 0 radical (unpaired) electrons. The van der Waals surface area contributed by atoms with Crippen molar-refractivity contribution in [1.29, 1.82) is 0 Å². The molecule has 1 aromatic carbocycles. The summed E-state index contributed by atoms with van der Waals surface area (Å²) in [6.07, 6.45) is 5.51. The number of benzene rings is 1. The van der Waals surface area contributed by atoms with E-state index in [-0.39, 0.29) is 5.91 Å². The fraction of sp³-hybridized carbons (Fsp3) is 0.350. The molecule has 136 valence electrons. The monoisotopic (exact) mass is 369 g/mol. The number of unbranched alkanes of at least 4 members (excludes halogenated alkanes) is 2. The van der Waals surface area contributed by atoms with E-state index in [4.69, 9.17) is 4.52 Å². The van der Waals surface area contributed by atoms with Crippen LogP contribution in [0, 0.1) is 0 Å². The van der Waals surface area contributed by atoms with Gasteiger partial charge in [-0.3, -0.25) is 4.79 Å². The van der Waals surface area contributed by atoms with Crippen molar-refractivity contribution in [3.05, 3.63) is 53.2 Å². The minimum absolute atomic E-state index is 0.0559. The van der Waals surface area contributed by atoms with Gasteiger partial charge in [0.2, 0.25) is 17.6 Å². The number of nitrogens with zero attached hydrogens (tertiary/aromatic N) is 2. The zero-order valence-electron chi connectivity index (χ0n) is 14.9. The lowest BCUT2D eigenvalue weighted by Crippen LogP contribution is -2.12. The molecule has 1 N–H and O–H groups in total. The molecule has 0 aliphatic heterocycles. The van der Waals surface area contributed by atoms with Crippen LogP contribution in [0.25, 0.3) is 10.7 Å². The molecule has 5 nitrogen and oxygen atoms in total. The van der Waals surface area contributed by atoms with Gasteiger partial charge in [-0.2, -0.15) is 4.98 Å². The highest BCUT2D eigenvalue weighted by atomic mass is 32.1. The van der Waals surface area contributed by atoms with Crippen molar-refractivity contribution in [2.75, 3.05) is 5.32 Å². The first kappa shape index (κ1) is 18.3. The van der Waals surface area contributed by atoms with Crippen molar-refractivity contribution in [3.8, 4) is 10.7 Å². The summed E-state index contributed by atoms with van der Waals surface area (Å²) < 4.78 is 5.22. The van der Waals surface area contributed by atoms with Crippen molar-refractivity contribution < 1.29 is 9.32 Å². The summed E-state index contributed by atoms with van der Waals surface area (Å²) >= 11 is 1.56. The van der Waals surface area contributed by atoms with E-state index in [1.54, 1.807) is 11.3 Å². The molecule has 0 saturated carbocycles. The summed E-state index contributed by atoms with van der Waals surface area (Å²) in [6.45, 7) is 2.20. The van der Waals surface area contributed by atoms with Crippen molar-refractivity contribution in [3.63, 3.8) is 0 Å². The van der Waals surface area contributed by atoms with Crippen LogP contribution in [0.15, 0.2) is 46.3 Å². The molecule has 2 aromatic heterocycles. The van der Waals surface area contributed by atoms with Crippen LogP contribution in [0.4, 0.5) is 5.69 Å². The van der Waals surface area contributed by atoms with Crippen LogP contribution in [0.5, 0.6) is 0 Å². The number of thiophene rings is 1. The fourth-order valence-corrected chi connectivity index (χ4v) is 3.29. The SMILES string of the molecule is CCCCCc1ccc(NC(=O)CCc2nc(-c3cccs3)no2)cc1. The third-order valence-corrected chi connectivity index (χ3v) is 4.95. The van der Waals surface area contributed by atoms with E-state index in [1.165, 1.54) is 24.8 Å². The Morgan fingerprint density at radius 3 is 2.73 bits per heavy atom. The lowest BCUT2D eigenvalue weighted by Gasteiger charge is -2.06. The number of aryl methyl sites for hydroxylation is 2. The van der Waals surface area contributed by atoms with Crippen molar-refractivity contribution in [2.45, 2.75) is 45.4 Å². The second-order valence-electron chi connectivity index (χ2n) is 6.19. The minimum atomic E-state index is -0.0559. The van der Waals surface area contributed by atoms with E-state index in [1.807, 2.05) is 29.6 Å². The summed E-state index contributed by atoms with van der Waals surface area (Å²) in [5, 5.41) is 8.83. The summed E-state index contributed by atoms with van der Waals surface area (Å²) in [5.74, 6) is 1.00. The first-order chi connectivity index (χ1) is 12.7. The maximum atomic E-state index is 12.1. The minimum Gasteiger partial charge on any atom is -0.339 e. The first-order valence-electron chi connectivity index (χ1n) is 9.00. The van der Waals surface area contributed by atoms with E-state index in [9.17, 15) is 4.79 Å². The smallest absolute Gasteiger partial charge is 0.227 e. The van der Waals surface area contributed by atoms with E-state index >= 15 is 0 Å². The van der Waals surface area contributed by atoms with Crippen LogP contribution in [-0.4, -0.2) is 16.0 Å². The lowest BCUT2D eigenvalue weighted by molar-refractivity contribution is -0.116. The molecule has 0 fully saturated rings. The number of nitrogens with one attached hydrogen (secondary N) is 1. The summed E-state index contributed by atoms with van der Waals surface area (Å²) in [5.41, 5.74) is 2.13. The number of rotatable bonds is 9. The molecule has 0 atom stereocenters. The topological polar surface area (TPSA) is 68.0 Å². The number of amides is 1. The standard InChI is InChI=1S/C20H23N3O2S/c1-2-3-4-6-15-8-10-16(11-9-15)21-18(24)12-13-19-22-20(23-25-19)17-7-5-14-26-17/h5,7-11,14H,2-4,6,12-13H2,1H3,(H,21,24). The molecule has 6 heteroatoms. The number of aromatic nitrogens is 2. The Bertz CT molecular complexity index is 810. The molecule has 0 aliphatic rings. The molecule has 3 rings (SSSR count). The Morgan fingerprint density at radius 2 is 2.00 bits per heavy atom. The molecule has 1 amide bonds. The van der Waals surface area contributed by atoms with Gasteiger partial charge in [-0.25, -0.2) is 0 Å². The highest BCUT2D eigenvalue weighted by molar-refractivity contribution is 7.13. The molecule has 0 spiro atoms. The number of hydrogen-bond donors (Lipinski definition) is 1. The van der Waals surface area contributed by atoms with Gasteiger partial charge in [-0.15, -0.1) is 11.3 Å². The van der Waals surface area contributed by atoms with E-state index in [2.05, 4.69) is 34.5 Å². The Kier molecular flexibility index (Phi) is 6.55. The Balaban J connectivity index is 1.45. The second kappa shape index (κ2) is 9.29. The average molecular weight is 369 g/mol. The third kappa shape index (κ3) is 5.26. The Labute approximate surface area is 157 Å². The Hall–Kier alpha value is -2.47. The molecule has 0 unspecified atom stereocenters. The molecule has 26 heavy (non-hydrogen) atoms. The van der Waals surface area contributed by atoms with Gasteiger partial charge in [-0.1, -0.05) is 43.1 Å². The van der Waals surface area contributed by atoms with Crippen molar-refractivity contribution in [2.24, 2.45) is 0 Å². The fourth-order valence-electron chi connectivity index (χ4n) is 2.64. The van der Waals surface area contributed by atoms with E-state index in [0.717, 1.165) is 17.0 Å². The van der Waals surface area contributed by atoms with Gasteiger partial charge in [0.15, 0.2) is 0 Å². The van der Waals surface area contributed by atoms with E-state index < -0.39 is 0 Å². The normalized spacial score (nSPS) is 10.8. The second-order valence-corrected chi connectivity index (χ2v) is 7.14. The molecule has 3 aromatic rings. The Morgan fingerprint density at radius 1 is 1.15 bits per heavy atom. The lowest BCUT2D eigenvalue weighted by atomic mass is 10.1. The van der Waals surface area contributed by atoms with Crippen LogP contribution in [0.3, 0.4) is 0 Å². The zero-order chi connectivity index (χ0) is 18.2. The maximum Gasteiger partial charge on any atom is 0.227 e. The highest BCUT2D eigenvalue weighted by Crippen LogP contribution is 2.21. The highest BCUT2D eigenvalue weighted by Gasteiger charge is 2.11. The van der Waals surface area contributed by atoms with Gasteiger partial charge < -0.3 is 9.84 Å². The molecular weight excluding hydrogens is 346 g/mol. The van der Waals surface area contributed by atoms with Crippen molar-refractivity contribution >= 4 is 22.9 Å². The predicted molar refractivity (Wildman–Crippen MR) is 104 cm³/mol. The number of carbonyl (C=O) groups is 1. The van der Waals surface area contributed by atoms with Gasteiger partial charge in [0.1, 0.15) is 0 Å². The van der Waals surface area contributed by atoms with Gasteiger partial charge in [-0.05, 0) is 42.0 Å². The molecule has 0 aliphatic carbocycles. The van der Waals surface area contributed by atoms with Gasteiger partial charge in [0.05, 0.1) is 4.88 Å². The average Bonchev–Trinajstić information content (AvgIpc) is 3.33. The molecule has 0 saturated heterocycles. The van der Waals surface area contributed by atoms with Gasteiger partial charge >= 0.3 is 0 Å². The molecule has 2 heterocycles. The largest absolute Gasteiger partial charge is 0.339 e. The number of hydrogen-bond acceptors (Lipinski definition) is 5. The van der Waals surface area contributed by atoms with Crippen molar-refractivity contribution in [1.82, 2.24) is 10.1 Å². The van der Waals surface area contributed by atoms with Gasteiger partial charge in [0, 0.05) is 18.5 Å². The zero-order valence-corrected chi connectivity index (χ0v) is 15.7. The van der Waals surface area contributed by atoms with Crippen LogP contribution in [0.1, 0.15) is 44.1 Å². The van der Waals surface area contributed by atoms with Crippen LogP contribution < -0.4 is 5.32 Å². The number of anilines is 1. The van der Waals surface area contributed by atoms with Crippen LogP contribution in [-0.2, 0) is 17.6 Å². The molecule has 0 bridgehead atoms. The summed E-state index contributed by atoms with van der Waals surface area (Å²) in [4.78, 5) is 17.4. The third-order valence-electron chi connectivity index (χ3n) is 4.08. The first-order valence-corrected chi connectivity index (χ1v) is 9.88. The summed E-state index contributed by atoms with van der Waals surface area (Å²) in [7, 11) is 0. The predicted octanol–water partition coefficient (Wildman–Crippen LogP) is 5.10. The van der Waals surface area contributed by atoms with Gasteiger partial charge in [0.25, 0.3) is 0 Å².